The van der Waals surface area contributed by atoms with Gasteiger partial charge in [0.05, 0.1) is 22.6 Å². The van der Waals surface area contributed by atoms with Crippen molar-refractivity contribution < 1.29 is 14.1 Å². The van der Waals surface area contributed by atoms with E-state index in [0.29, 0.717) is 32.6 Å². The van der Waals surface area contributed by atoms with E-state index in [2.05, 4.69) is 10.5 Å². The third-order valence-corrected chi connectivity index (χ3v) is 5.61. The summed E-state index contributed by atoms with van der Waals surface area (Å²) in [5, 5.41) is 8.65. The van der Waals surface area contributed by atoms with E-state index in [1.807, 2.05) is 32.9 Å². The summed E-state index contributed by atoms with van der Waals surface area (Å²) < 4.78 is 12.5. The molecule has 154 valence electrons. The van der Waals surface area contributed by atoms with Crippen LogP contribution in [0.4, 0.5) is 4.79 Å². The molecular weight excluding hydrogens is 394 g/mol. The number of halogens is 1. The molecule has 2 heterocycles. The van der Waals surface area contributed by atoms with Gasteiger partial charge in [0.15, 0.2) is 0 Å². The summed E-state index contributed by atoms with van der Waals surface area (Å²) in [4.78, 5) is 25.8. The first-order valence-corrected chi connectivity index (χ1v) is 10.1. The van der Waals surface area contributed by atoms with Crippen molar-refractivity contribution in [2.24, 2.45) is 0 Å². The highest BCUT2D eigenvalue weighted by Gasteiger charge is 2.34. The zero-order valence-electron chi connectivity index (χ0n) is 16.9. The minimum absolute atomic E-state index is 0.184. The summed E-state index contributed by atoms with van der Waals surface area (Å²) in [6.45, 7) is 7.18. The van der Waals surface area contributed by atoms with Crippen molar-refractivity contribution >= 4 is 39.5 Å². The fourth-order valence-corrected chi connectivity index (χ4v) is 4.44. The van der Waals surface area contributed by atoms with Gasteiger partial charge in [-0.25, -0.2) is 4.79 Å². The standard InChI is InChI=1S/C21H24ClN3O4/c1-11-16-18(24-29-11)17-12(22)7-5-10-15(17)25(19(16)26)14-9-6-8-13(14)23-20(27)28-21(2,3)4/h5,7,10,13-14H,6,8-9H2,1-4H3,(H,23,27). The second-order valence-corrected chi connectivity index (χ2v) is 8.93. The van der Waals surface area contributed by atoms with Crippen LogP contribution in [-0.2, 0) is 4.74 Å². The monoisotopic (exact) mass is 417 g/mol. The number of nitrogens with zero attached hydrogens (tertiary/aromatic N) is 2. The van der Waals surface area contributed by atoms with Gasteiger partial charge in [-0.15, -0.1) is 0 Å². The Kier molecular flexibility index (Phi) is 4.81. The highest BCUT2D eigenvalue weighted by atomic mass is 35.5. The number of fused-ring (bicyclic) bond motifs is 3. The number of carbonyl (C=O) groups excluding carboxylic acids is 1. The molecule has 1 aliphatic rings. The van der Waals surface area contributed by atoms with E-state index in [9.17, 15) is 9.59 Å². The molecule has 2 atom stereocenters. The van der Waals surface area contributed by atoms with Gasteiger partial charge in [-0.05, 0) is 59.1 Å². The summed E-state index contributed by atoms with van der Waals surface area (Å²) in [6.07, 6.45) is 1.93. The van der Waals surface area contributed by atoms with Crippen LogP contribution in [0.5, 0.6) is 0 Å². The summed E-state index contributed by atoms with van der Waals surface area (Å²) in [5.41, 5.74) is 0.384. The van der Waals surface area contributed by atoms with Crippen LogP contribution in [0.1, 0.15) is 51.8 Å². The van der Waals surface area contributed by atoms with Gasteiger partial charge in [-0.3, -0.25) is 4.79 Å². The smallest absolute Gasteiger partial charge is 0.407 e. The Bertz CT molecular complexity index is 1160. The van der Waals surface area contributed by atoms with E-state index < -0.39 is 11.7 Å². The third-order valence-electron chi connectivity index (χ3n) is 5.30. The van der Waals surface area contributed by atoms with E-state index in [1.165, 1.54) is 0 Å². The molecule has 29 heavy (non-hydrogen) atoms. The van der Waals surface area contributed by atoms with Crippen LogP contribution in [0.25, 0.3) is 21.8 Å². The first-order valence-electron chi connectivity index (χ1n) is 9.75. The van der Waals surface area contributed by atoms with E-state index >= 15 is 0 Å². The molecule has 0 bridgehead atoms. The Morgan fingerprint density at radius 3 is 2.79 bits per heavy atom. The molecule has 7 nitrogen and oxygen atoms in total. The molecule has 0 radical (unpaired) electrons. The molecule has 1 aromatic carbocycles. The highest BCUT2D eigenvalue weighted by molar-refractivity contribution is 6.37. The molecule has 0 aliphatic heterocycles. The lowest BCUT2D eigenvalue weighted by Gasteiger charge is -2.27. The molecule has 1 N–H and O–H groups in total. The predicted octanol–water partition coefficient (Wildman–Crippen LogP) is 4.72. The zero-order chi connectivity index (χ0) is 20.9. The average Bonchev–Trinajstić information content (AvgIpc) is 3.20. The number of aromatic nitrogens is 2. The highest BCUT2D eigenvalue weighted by Crippen LogP contribution is 2.36. The van der Waals surface area contributed by atoms with Crippen LogP contribution < -0.4 is 10.9 Å². The van der Waals surface area contributed by atoms with Gasteiger partial charge in [0, 0.05) is 5.39 Å². The lowest BCUT2D eigenvalue weighted by molar-refractivity contribution is 0.0494. The Labute approximate surface area is 172 Å². The van der Waals surface area contributed by atoms with Crippen LogP contribution >= 0.6 is 11.6 Å². The number of benzene rings is 1. The number of hydrogen-bond acceptors (Lipinski definition) is 5. The number of hydrogen-bond donors (Lipinski definition) is 1. The maximum absolute atomic E-state index is 13.5. The second kappa shape index (κ2) is 7.06. The molecule has 1 amide bonds. The van der Waals surface area contributed by atoms with Crippen molar-refractivity contribution in [3.63, 3.8) is 0 Å². The summed E-state index contributed by atoms with van der Waals surface area (Å²) in [7, 11) is 0. The van der Waals surface area contributed by atoms with Gasteiger partial charge < -0.3 is 19.1 Å². The largest absolute Gasteiger partial charge is 0.444 e. The van der Waals surface area contributed by atoms with Crippen molar-refractivity contribution in [3.05, 3.63) is 39.3 Å². The molecule has 4 rings (SSSR count). The fourth-order valence-electron chi connectivity index (χ4n) is 4.18. The number of amides is 1. The number of nitrogens with one attached hydrogen (secondary N) is 1. The van der Waals surface area contributed by atoms with Gasteiger partial charge in [-0.2, -0.15) is 0 Å². The topological polar surface area (TPSA) is 86.4 Å². The minimum Gasteiger partial charge on any atom is -0.444 e. The van der Waals surface area contributed by atoms with Crippen LogP contribution in [0, 0.1) is 6.92 Å². The Morgan fingerprint density at radius 2 is 2.07 bits per heavy atom. The van der Waals surface area contributed by atoms with Crippen molar-refractivity contribution in [2.75, 3.05) is 0 Å². The van der Waals surface area contributed by atoms with E-state index in [1.54, 1.807) is 17.6 Å². The van der Waals surface area contributed by atoms with E-state index in [-0.39, 0.29) is 17.6 Å². The number of ether oxygens (including phenoxy) is 1. The van der Waals surface area contributed by atoms with Crippen LogP contribution in [0.15, 0.2) is 27.5 Å². The van der Waals surface area contributed by atoms with Crippen LogP contribution in [-0.4, -0.2) is 27.5 Å². The first-order chi connectivity index (χ1) is 13.7. The van der Waals surface area contributed by atoms with Gasteiger partial charge in [0.2, 0.25) is 0 Å². The molecule has 1 aliphatic carbocycles. The fraction of sp³-hybridized carbons (Fsp3) is 0.476. The van der Waals surface area contributed by atoms with Gasteiger partial charge >= 0.3 is 6.09 Å². The van der Waals surface area contributed by atoms with Crippen molar-refractivity contribution in [1.29, 1.82) is 0 Å². The Morgan fingerprint density at radius 1 is 1.31 bits per heavy atom. The number of pyridine rings is 1. The van der Waals surface area contributed by atoms with Crippen LogP contribution in [0.2, 0.25) is 5.02 Å². The number of carbonyl (C=O) groups is 1. The lowest BCUT2D eigenvalue weighted by Crippen LogP contribution is -2.43. The minimum atomic E-state index is -0.590. The number of aryl methyl sites for hydroxylation is 1. The quantitative estimate of drug-likeness (QED) is 0.651. The summed E-state index contributed by atoms with van der Waals surface area (Å²) in [6, 6.07) is 5.00. The number of alkyl carbamates (subject to hydrolysis) is 1. The zero-order valence-corrected chi connectivity index (χ0v) is 17.7. The molecule has 0 spiro atoms. The second-order valence-electron chi connectivity index (χ2n) is 8.52. The molecule has 0 saturated heterocycles. The predicted molar refractivity (Wildman–Crippen MR) is 112 cm³/mol. The maximum atomic E-state index is 13.5. The van der Waals surface area contributed by atoms with E-state index in [4.69, 9.17) is 20.9 Å². The summed E-state index contributed by atoms with van der Waals surface area (Å²) >= 11 is 6.48. The van der Waals surface area contributed by atoms with Crippen molar-refractivity contribution in [3.8, 4) is 0 Å². The van der Waals surface area contributed by atoms with Gasteiger partial charge in [0.25, 0.3) is 5.56 Å². The Hall–Kier alpha value is -2.54. The molecule has 2 unspecified atom stereocenters. The summed E-state index contributed by atoms with van der Waals surface area (Å²) in [5.74, 6) is 0.454. The SMILES string of the molecule is Cc1onc2c1c(=O)n(C1CCCC1NC(=O)OC(C)(C)C)c1cccc(Cl)c21. The molecule has 1 fully saturated rings. The van der Waals surface area contributed by atoms with Crippen molar-refractivity contribution in [2.45, 2.75) is 64.6 Å². The number of rotatable bonds is 2. The lowest BCUT2D eigenvalue weighted by atomic mass is 10.1. The average molecular weight is 418 g/mol. The van der Waals surface area contributed by atoms with Crippen LogP contribution in [0.3, 0.4) is 0 Å². The Balaban J connectivity index is 1.85. The molecule has 8 heteroatoms. The normalized spacial score (nSPS) is 19.8. The molecule has 2 aromatic heterocycles. The molecule has 3 aromatic rings. The first kappa shape index (κ1) is 19.8. The molecule has 1 saturated carbocycles. The third kappa shape index (κ3) is 3.48. The van der Waals surface area contributed by atoms with E-state index in [0.717, 1.165) is 19.3 Å². The molecular formula is C21H24ClN3O4. The van der Waals surface area contributed by atoms with Crippen molar-refractivity contribution in [1.82, 2.24) is 15.0 Å². The maximum Gasteiger partial charge on any atom is 0.407 e. The van der Waals surface area contributed by atoms with Gasteiger partial charge in [0.1, 0.15) is 22.3 Å². The van der Waals surface area contributed by atoms with Gasteiger partial charge in [-0.1, -0.05) is 22.8 Å².